The molecule has 1 atom stereocenters. The van der Waals surface area contributed by atoms with Crippen molar-refractivity contribution in [3.63, 3.8) is 0 Å². The molecule has 2 aromatic rings. The van der Waals surface area contributed by atoms with E-state index in [2.05, 4.69) is 63.2 Å². The normalized spacial score (nSPS) is 13.6. The first-order valence-electron chi connectivity index (χ1n) is 11.6. The Hall–Kier alpha value is -2.33. The highest BCUT2D eigenvalue weighted by atomic mass is 16.5. The number of ether oxygens (including phenoxy) is 2. The van der Waals surface area contributed by atoms with Gasteiger partial charge in [0.05, 0.1) is 6.61 Å². The van der Waals surface area contributed by atoms with Crippen LogP contribution in [-0.2, 0) is 17.6 Å². The molecule has 2 aromatic carbocycles. The third kappa shape index (κ3) is 7.10. The first kappa shape index (κ1) is 23.3. The Morgan fingerprint density at radius 3 is 2.26 bits per heavy atom. The molecule has 31 heavy (non-hydrogen) atoms. The van der Waals surface area contributed by atoms with Crippen molar-refractivity contribution in [2.45, 2.75) is 58.3 Å². The van der Waals surface area contributed by atoms with Crippen LogP contribution < -0.4 is 9.47 Å². The van der Waals surface area contributed by atoms with E-state index in [9.17, 15) is 4.79 Å². The number of nitrogens with zero attached hydrogens (tertiary/aromatic N) is 1. The second-order valence-corrected chi connectivity index (χ2v) is 9.25. The Kier molecular flexibility index (Phi) is 8.53. The molecule has 0 fully saturated rings. The molecule has 3 rings (SSSR count). The molecule has 0 heterocycles. The fourth-order valence-electron chi connectivity index (χ4n) is 4.06. The van der Waals surface area contributed by atoms with E-state index < -0.39 is 0 Å². The van der Waals surface area contributed by atoms with Crippen molar-refractivity contribution in [3.05, 3.63) is 59.2 Å². The second kappa shape index (κ2) is 11.3. The minimum Gasteiger partial charge on any atom is -0.494 e. The Labute approximate surface area is 187 Å². The molecule has 0 aromatic heterocycles. The van der Waals surface area contributed by atoms with Crippen LogP contribution in [0.2, 0.25) is 0 Å². The number of esters is 1. The number of likely N-dealkylation sites (N-methyl/N-ethyl adjacent to an activating group) is 1. The number of hydrogen-bond donors (Lipinski definition) is 0. The van der Waals surface area contributed by atoms with E-state index in [0.29, 0.717) is 30.6 Å². The summed E-state index contributed by atoms with van der Waals surface area (Å²) in [7, 11) is 4.20. The molecule has 0 radical (unpaired) electrons. The van der Waals surface area contributed by atoms with Gasteiger partial charge in [-0.05, 0) is 99.0 Å². The zero-order valence-corrected chi connectivity index (χ0v) is 19.5. The van der Waals surface area contributed by atoms with E-state index >= 15 is 0 Å². The van der Waals surface area contributed by atoms with Gasteiger partial charge in [0.2, 0.25) is 0 Å². The van der Waals surface area contributed by atoms with Crippen LogP contribution in [-0.4, -0.2) is 38.1 Å². The highest BCUT2D eigenvalue weighted by molar-refractivity contribution is 5.72. The molecule has 1 aliphatic rings. The largest absolute Gasteiger partial charge is 0.494 e. The molecule has 0 aliphatic heterocycles. The molecule has 1 aliphatic carbocycles. The number of benzene rings is 2. The summed E-state index contributed by atoms with van der Waals surface area (Å²) < 4.78 is 11.3. The van der Waals surface area contributed by atoms with Gasteiger partial charge in [0.25, 0.3) is 0 Å². The lowest BCUT2D eigenvalue weighted by Gasteiger charge is -2.25. The lowest BCUT2D eigenvalue weighted by atomic mass is 9.88. The van der Waals surface area contributed by atoms with Gasteiger partial charge in [-0.1, -0.05) is 32.0 Å². The standard InChI is InChI=1S/C27H37NO3/c1-20(2)26(19-28(3)4)22-12-14-24(15-13-22)31-27(29)8-6-5-7-17-30-25-16-11-21-9-10-23(21)18-25/h11-16,18,20,26H,5-10,17,19H2,1-4H3. The van der Waals surface area contributed by atoms with Crippen LogP contribution in [0.4, 0.5) is 0 Å². The van der Waals surface area contributed by atoms with Gasteiger partial charge in [-0.3, -0.25) is 4.79 Å². The van der Waals surface area contributed by atoms with Crippen molar-refractivity contribution in [1.82, 2.24) is 4.90 Å². The van der Waals surface area contributed by atoms with Gasteiger partial charge >= 0.3 is 5.97 Å². The van der Waals surface area contributed by atoms with Crippen LogP contribution in [0.5, 0.6) is 11.5 Å². The minimum absolute atomic E-state index is 0.162. The number of carbonyl (C=O) groups is 1. The van der Waals surface area contributed by atoms with Crippen molar-refractivity contribution < 1.29 is 14.3 Å². The number of fused-ring (bicyclic) bond motifs is 1. The zero-order chi connectivity index (χ0) is 22.2. The Bertz CT molecular complexity index is 842. The summed E-state index contributed by atoms with van der Waals surface area (Å²) in [6.07, 6.45) is 5.54. The second-order valence-electron chi connectivity index (χ2n) is 9.25. The lowest BCUT2D eigenvalue weighted by Crippen LogP contribution is -2.23. The summed E-state index contributed by atoms with van der Waals surface area (Å²) in [6, 6.07) is 14.4. The molecule has 168 valence electrons. The summed E-state index contributed by atoms with van der Waals surface area (Å²) in [5.74, 6) is 2.45. The van der Waals surface area contributed by atoms with Crippen LogP contribution in [0.1, 0.15) is 62.1 Å². The fourth-order valence-corrected chi connectivity index (χ4v) is 4.06. The molecule has 0 N–H and O–H groups in total. The molecule has 4 heteroatoms. The Morgan fingerprint density at radius 2 is 1.65 bits per heavy atom. The molecule has 1 unspecified atom stereocenters. The van der Waals surface area contributed by atoms with Crippen LogP contribution in [0.25, 0.3) is 0 Å². The van der Waals surface area contributed by atoms with E-state index in [-0.39, 0.29) is 5.97 Å². The maximum atomic E-state index is 12.2. The predicted molar refractivity (Wildman–Crippen MR) is 126 cm³/mol. The quantitative estimate of drug-likeness (QED) is 0.252. The monoisotopic (exact) mass is 423 g/mol. The third-order valence-electron chi connectivity index (χ3n) is 6.04. The first-order valence-corrected chi connectivity index (χ1v) is 11.6. The van der Waals surface area contributed by atoms with Crippen LogP contribution in [0.3, 0.4) is 0 Å². The SMILES string of the molecule is CC(C)C(CN(C)C)c1ccc(OC(=O)CCCCCOc2ccc3c(c2)CC3)cc1. The molecule has 0 bridgehead atoms. The van der Waals surface area contributed by atoms with Crippen molar-refractivity contribution in [2.24, 2.45) is 5.92 Å². The molecule has 0 spiro atoms. The summed E-state index contributed by atoms with van der Waals surface area (Å²) in [4.78, 5) is 14.4. The van der Waals surface area contributed by atoms with E-state index in [1.807, 2.05) is 12.1 Å². The van der Waals surface area contributed by atoms with E-state index in [4.69, 9.17) is 9.47 Å². The van der Waals surface area contributed by atoms with Crippen molar-refractivity contribution >= 4 is 5.97 Å². The zero-order valence-electron chi connectivity index (χ0n) is 19.5. The Balaban J connectivity index is 1.33. The van der Waals surface area contributed by atoms with E-state index in [1.54, 1.807) is 0 Å². The van der Waals surface area contributed by atoms with Crippen LogP contribution >= 0.6 is 0 Å². The van der Waals surface area contributed by atoms with Gasteiger partial charge in [-0.25, -0.2) is 0 Å². The molecule has 0 saturated heterocycles. The number of unbranched alkanes of at least 4 members (excludes halogenated alkanes) is 2. The first-order chi connectivity index (χ1) is 14.9. The average Bonchev–Trinajstić information content (AvgIpc) is 2.71. The highest BCUT2D eigenvalue weighted by Gasteiger charge is 2.17. The lowest BCUT2D eigenvalue weighted by molar-refractivity contribution is -0.134. The van der Waals surface area contributed by atoms with Crippen LogP contribution in [0.15, 0.2) is 42.5 Å². The number of rotatable bonds is 12. The van der Waals surface area contributed by atoms with E-state index in [1.165, 1.54) is 29.5 Å². The maximum absolute atomic E-state index is 12.2. The smallest absolute Gasteiger partial charge is 0.311 e. The van der Waals surface area contributed by atoms with Gasteiger partial charge in [-0.15, -0.1) is 0 Å². The Morgan fingerprint density at radius 1 is 0.935 bits per heavy atom. The number of carbonyl (C=O) groups excluding carboxylic acids is 1. The molecular formula is C27H37NO3. The maximum Gasteiger partial charge on any atom is 0.311 e. The van der Waals surface area contributed by atoms with Crippen LogP contribution in [0, 0.1) is 5.92 Å². The summed E-state index contributed by atoms with van der Waals surface area (Å²) in [5, 5.41) is 0. The average molecular weight is 424 g/mol. The molecule has 0 amide bonds. The van der Waals surface area contributed by atoms with Gasteiger partial charge in [0.15, 0.2) is 0 Å². The van der Waals surface area contributed by atoms with Gasteiger partial charge in [-0.2, -0.15) is 0 Å². The summed E-state index contributed by atoms with van der Waals surface area (Å²) in [5.41, 5.74) is 4.16. The fraction of sp³-hybridized carbons (Fsp3) is 0.519. The van der Waals surface area contributed by atoms with Crippen molar-refractivity contribution in [3.8, 4) is 11.5 Å². The topological polar surface area (TPSA) is 38.8 Å². The number of aryl methyl sites for hydroxylation is 2. The van der Waals surface area contributed by atoms with Crippen molar-refractivity contribution in [1.29, 1.82) is 0 Å². The molecular weight excluding hydrogens is 386 g/mol. The van der Waals surface area contributed by atoms with Gasteiger partial charge in [0, 0.05) is 13.0 Å². The van der Waals surface area contributed by atoms with Gasteiger partial charge < -0.3 is 14.4 Å². The van der Waals surface area contributed by atoms with Crippen molar-refractivity contribution in [2.75, 3.05) is 27.2 Å². The van der Waals surface area contributed by atoms with E-state index in [0.717, 1.165) is 31.6 Å². The third-order valence-corrected chi connectivity index (χ3v) is 6.04. The summed E-state index contributed by atoms with van der Waals surface area (Å²) >= 11 is 0. The minimum atomic E-state index is -0.162. The highest BCUT2D eigenvalue weighted by Crippen LogP contribution is 2.28. The predicted octanol–water partition coefficient (Wildman–Crippen LogP) is 5.63. The molecule has 0 saturated carbocycles. The summed E-state index contributed by atoms with van der Waals surface area (Å²) in [6.45, 7) is 6.20. The van der Waals surface area contributed by atoms with Gasteiger partial charge in [0.1, 0.15) is 11.5 Å². The molecule has 4 nitrogen and oxygen atoms in total. The number of hydrogen-bond acceptors (Lipinski definition) is 4.